The molecule has 3 aromatic rings. The fourth-order valence-corrected chi connectivity index (χ4v) is 4.23. The van der Waals surface area contributed by atoms with Crippen LogP contribution in [0.1, 0.15) is 53.5 Å². The molecule has 6 N–H and O–H groups in total. The summed E-state index contributed by atoms with van der Waals surface area (Å²) < 4.78 is 7.67. The normalized spacial score (nSPS) is 16.0. The van der Waals surface area contributed by atoms with Crippen LogP contribution in [0.4, 0.5) is 0 Å². The highest BCUT2D eigenvalue weighted by Gasteiger charge is 2.35. The first kappa shape index (κ1) is 25.6. The van der Waals surface area contributed by atoms with Gasteiger partial charge in [-0.05, 0) is 54.8 Å². The van der Waals surface area contributed by atoms with Crippen LogP contribution < -0.4 is 16.5 Å². The zero-order chi connectivity index (χ0) is 25.7. The van der Waals surface area contributed by atoms with Crippen LogP contribution in [0.25, 0.3) is 0 Å². The fraction of sp³-hybridized carbons (Fsp3) is 0.333. The van der Waals surface area contributed by atoms with E-state index in [4.69, 9.17) is 15.7 Å². The molecule has 2 aromatic carbocycles. The fourth-order valence-electron chi connectivity index (χ4n) is 4.23. The molecule has 0 radical (unpaired) electrons. The van der Waals surface area contributed by atoms with Gasteiger partial charge >= 0.3 is 0 Å². The van der Waals surface area contributed by atoms with E-state index < -0.39 is 17.5 Å². The lowest BCUT2D eigenvalue weighted by molar-refractivity contribution is -0.133. The third-order valence-electron chi connectivity index (χ3n) is 6.15. The lowest BCUT2D eigenvalue weighted by Gasteiger charge is -2.35. The highest BCUT2D eigenvalue weighted by atomic mass is 16.5. The quantitative estimate of drug-likeness (QED) is 0.193. The molecule has 0 saturated carbocycles. The lowest BCUT2D eigenvalue weighted by Crippen LogP contribution is -2.61. The van der Waals surface area contributed by atoms with E-state index in [0.717, 1.165) is 27.8 Å². The standard InChI is InChI=1S/C27H31N5O4/c1-27(2,28)25(26(34)31-35)30-23-17-36-16-21-13-19(9-10-22(21)23)6-3-18-4-7-20(8-5-18)14-32-12-11-29-24(32)15-33/h4-5,7-13,23,25,30,33,35H,14-17,28H2,1-2H3,(H,31,34)/t23?,25-/m1/s1. The SMILES string of the molecule is CC(C)(N)[C@H](NC1COCc2cc(C#Cc3ccc(Cn4ccnc4CO)cc3)ccc21)C(=O)NO. The zero-order valence-corrected chi connectivity index (χ0v) is 20.4. The Bertz CT molecular complexity index is 1270. The second-order valence-corrected chi connectivity index (χ2v) is 9.45. The van der Waals surface area contributed by atoms with Gasteiger partial charge in [0.2, 0.25) is 0 Å². The molecule has 1 aliphatic rings. The van der Waals surface area contributed by atoms with Crippen molar-refractivity contribution in [2.24, 2.45) is 5.73 Å². The van der Waals surface area contributed by atoms with E-state index in [0.29, 0.717) is 25.6 Å². The second-order valence-electron chi connectivity index (χ2n) is 9.45. The summed E-state index contributed by atoms with van der Waals surface area (Å²) in [6.07, 6.45) is 3.52. The molecule has 0 spiro atoms. The van der Waals surface area contributed by atoms with Crippen LogP contribution in [0.2, 0.25) is 0 Å². The molecule has 1 aromatic heterocycles. The van der Waals surface area contributed by atoms with E-state index in [1.807, 2.05) is 53.2 Å². The van der Waals surface area contributed by atoms with E-state index in [1.54, 1.807) is 25.5 Å². The maximum atomic E-state index is 12.2. The van der Waals surface area contributed by atoms with Crippen molar-refractivity contribution in [3.63, 3.8) is 0 Å². The molecule has 1 unspecified atom stereocenters. The largest absolute Gasteiger partial charge is 0.388 e. The van der Waals surface area contributed by atoms with Crippen LogP contribution in [0.15, 0.2) is 54.9 Å². The number of hydrogen-bond acceptors (Lipinski definition) is 7. The maximum Gasteiger partial charge on any atom is 0.262 e. The minimum Gasteiger partial charge on any atom is -0.388 e. The number of amides is 1. The summed E-state index contributed by atoms with van der Waals surface area (Å²) in [5.41, 5.74) is 11.8. The number of nitrogens with one attached hydrogen (secondary N) is 2. The minimum absolute atomic E-state index is 0.0945. The molecule has 1 aliphatic heterocycles. The van der Waals surface area contributed by atoms with Crippen molar-refractivity contribution >= 4 is 5.91 Å². The molecule has 0 aliphatic carbocycles. The van der Waals surface area contributed by atoms with E-state index in [-0.39, 0.29) is 12.6 Å². The van der Waals surface area contributed by atoms with Crippen LogP contribution in [-0.2, 0) is 29.3 Å². The monoisotopic (exact) mass is 489 g/mol. The number of hydroxylamine groups is 1. The number of carbonyl (C=O) groups is 1. The Balaban J connectivity index is 1.47. The predicted octanol–water partition coefficient (Wildman–Crippen LogP) is 1.60. The number of carbonyl (C=O) groups excluding carboxylic acids is 1. The Morgan fingerprint density at radius 1 is 1.25 bits per heavy atom. The first-order chi connectivity index (χ1) is 17.3. The second kappa shape index (κ2) is 11.0. The minimum atomic E-state index is -0.898. The number of nitrogens with two attached hydrogens (primary N) is 1. The molecule has 36 heavy (non-hydrogen) atoms. The molecule has 1 amide bonds. The number of fused-ring (bicyclic) bond motifs is 1. The van der Waals surface area contributed by atoms with Gasteiger partial charge in [-0.1, -0.05) is 30.0 Å². The number of aliphatic hydroxyl groups excluding tert-OH is 1. The van der Waals surface area contributed by atoms with Crippen LogP contribution in [-0.4, -0.2) is 44.0 Å². The van der Waals surface area contributed by atoms with Crippen molar-refractivity contribution in [3.8, 4) is 11.8 Å². The van der Waals surface area contributed by atoms with Crippen LogP contribution in [0.5, 0.6) is 0 Å². The topological polar surface area (TPSA) is 135 Å². The molecule has 4 rings (SSSR count). The van der Waals surface area contributed by atoms with Gasteiger partial charge in [0.25, 0.3) is 5.91 Å². The molecule has 2 atom stereocenters. The summed E-state index contributed by atoms with van der Waals surface area (Å²) in [6.45, 7) is 4.81. The third kappa shape index (κ3) is 5.99. The average Bonchev–Trinajstić information content (AvgIpc) is 3.32. The van der Waals surface area contributed by atoms with E-state index in [9.17, 15) is 9.90 Å². The van der Waals surface area contributed by atoms with Gasteiger partial charge in [-0.3, -0.25) is 15.3 Å². The molecule has 9 nitrogen and oxygen atoms in total. The first-order valence-electron chi connectivity index (χ1n) is 11.7. The Kier molecular flexibility index (Phi) is 7.84. The van der Waals surface area contributed by atoms with Gasteiger partial charge in [0, 0.05) is 35.6 Å². The summed E-state index contributed by atoms with van der Waals surface area (Å²) in [7, 11) is 0. The number of ether oxygens (including phenoxy) is 1. The Hall–Kier alpha value is -3.52. The third-order valence-corrected chi connectivity index (χ3v) is 6.15. The van der Waals surface area contributed by atoms with Crippen molar-refractivity contribution in [2.45, 2.75) is 51.2 Å². The van der Waals surface area contributed by atoms with Gasteiger partial charge in [-0.15, -0.1) is 0 Å². The Morgan fingerprint density at radius 2 is 1.97 bits per heavy atom. The van der Waals surface area contributed by atoms with Crippen LogP contribution >= 0.6 is 0 Å². The van der Waals surface area contributed by atoms with E-state index in [2.05, 4.69) is 22.1 Å². The summed E-state index contributed by atoms with van der Waals surface area (Å²) in [6, 6.07) is 12.8. The molecule has 0 bridgehead atoms. The number of hydrogen-bond donors (Lipinski definition) is 5. The number of aromatic nitrogens is 2. The predicted molar refractivity (Wildman–Crippen MR) is 134 cm³/mol. The van der Waals surface area contributed by atoms with Crippen molar-refractivity contribution in [1.82, 2.24) is 20.3 Å². The van der Waals surface area contributed by atoms with Crippen molar-refractivity contribution < 1.29 is 19.8 Å². The van der Waals surface area contributed by atoms with E-state index in [1.165, 1.54) is 0 Å². The highest BCUT2D eigenvalue weighted by Crippen LogP contribution is 2.27. The van der Waals surface area contributed by atoms with Gasteiger partial charge in [0.05, 0.1) is 19.3 Å². The molecule has 2 heterocycles. The zero-order valence-electron chi connectivity index (χ0n) is 20.4. The van der Waals surface area contributed by atoms with Gasteiger partial charge in [-0.25, -0.2) is 10.5 Å². The van der Waals surface area contributed by atoms with Gasteiger partial charge in [-0.2, -0.15) is 0 Å². The van der Waals surface area contributed by atoms with Gasteiger partial charge < -0.3 is 20.1 Å². The molecular weight excluding hydrogens is 458 g/mol. The van der Waals surface area contributed by atoms with E-state index >= 15 is 0 Å². The number of aliphatic hydroxyl groups is 1. The smallest absolute Gasteiger partial charge is 0.262 e. The summed E-state index contributed by atoms with van der Waals surface area (Å²) in [5.74, 6) is 6.45. The van der Waals surface area contributed by atoms with Crippen LogP contribution in [0.3, 0.4) is 0 Å². The maximum absolute atomic E-state index is 12.2. The number of nitrogens with zero attached hydrogens (tertiary/aromatic N) is 2. The molecule has 0 fully saturated rings. The lowest BCUT2D eigenvalue weighted by atomic mass is 9.91. The van der Waals surface area contributed by atoms with Gasteiger partial charge in [0.1, 0.15) is 18.5 Å². The highest BCUT2D eigenvalue weighted by molar-refractivity contribution is 5.82. The average molecular weight is 490 g/mol. The van der Waals surface area contributed by atoms with Crippen LogP contribution in [0, 0.1) is 11.8 Å². The Morgan fingerprint density at radius 3 is 2.67 bits per heavy atom. The van der Waals surface area contributed by atoms with Crippen molar-refractivity contribution in [2.75, 3.05) is 6.61 Å². The first-order valence-corrected chi connectivity index (χ1v) is 11.7. The van der Waals surface area contributed by atoms with Crippen molar-refractivity contribution in [3.05, 3.63) is 88.5 Å². The number of rotatable bonds is 7. The number of benzene rings is 2. The molecular formula is C27H31N5O4. The summed E-state index contributed by atoms with van der Waals surface area (Å²) in [5, 5.41) is 21.7. The summed E-state index contributed by atoms with van der Waals surface area (Å²) >= 11 is 0. The van der Waals surface area contributed by atoms with Gasteiger partial charge in [0.15, 0.2) is 0 Å². The molecule has 0 saturated heterocycles. The molecule has 9 heteroatoms. The summed E-state index contributed by atoms with van der Waals surface area (Å²) in [4.78, 5) is 16.3. The Labute approximate surface area is 210 Å². The van der Waals surface area contributed by atoms with Crippen molar-refractivity contribution in [1.29, 1.82) is 0 Å². The number of imidazole rings is 1. The molecule has 188 valence electrons.